The van der Waals surface area contributed by atoms with E-state index in [-0.39, 0.29) is 0 Å². The molecule has 0 fully saturated rings. The predicted molar refractivity (Wildman–Crippen MR) is 103 cm³/mol. The van der Waals surface area contributed by atoms with Crippen LogP contribution in [-0.4, -0.2) is 11.4 Å². The highest BCUT2D eigenvalue weighted by molar-refractivity contribution is 6.00. The fourth-order valence-corrected chi connectivity index (χ4v) is 2.47. The van der Waals surface area contributed by atoms with E-state index in [2.05, 4.69) is 34.3 Å². The van der Waals surface area contributed by atoms with Gasteiger partial charge in [0, 0.05) is 0 Å². The lowest BCUT2D eigenvalue weighted by molar-refractivity contribution is 0.546. The van der Waals surface area contributed by atoms with Gasteiger partial charge < -0.3 is 4.42 Å². The summed E-state index contributed by atoms with van der Waals surface area (Å²) < 4.78 is 5.92. The first-order chi connectivity index (χ1) is 12.2. The highest BCUT2D eigenvalue weighted by atomic mass is 16.3. The average Bonchev–Trinajstić information content (AvgIpc) is 3.16. The van der Waals surface area contributed by atoms with Crippen LogP contribution >= 0.6 is 0 Å². The smallest absolute Gasteiger partial charge is 0.148 e. The van der Waals surface area contributed by atoms with Crippen molar-refractivity contribution in [2.75, 3.05) is 0 Å². The summed E-state index contributed by atoms with van der Waals surface area (Å²) in [5, 5.41) is 0. The highest BCUT2D eigenvalue weighted by Gasteiger charge is 2.07. The van der Waals surface area contributed by atoms with Gasteiger partial charge in [-0.15, -0.1) is 0 Å². The molecule has 0 N–H and O–H groups in total. The Morgan fingerprint density at radius 1 is 0.640 bits per heavy atom. The Balaban J connectivity index is 1.66. The van der Waals surface area contributed by atoms with Crippen LogP contribution in [0.5, 0.6) is 0 Å². The lowest BCUT2D eigenvalue weighted by atomic mass is 10.2. The number of nitrogens with zero attached hydrogens (tertiary/aromatic N) is 2. The van der Waals surface area contributed by atoms with Crippen molar-refractivity contribution < 1.29 is 4.42 Å². The molecule has 0 radical (unpaired) electrons. The number of rotatable bonds is 6. The van der Waals surface area contributed by atoms with Crippen LogP contribution in [0.4, 0.5) is 0 Å². The van der Waals surface area contributed by atoms with E-state index in [9.17, 15) is 0 Å². The maximum atomic E-state index is 5.92. The first kappa shape index (κ1) is 16.9. The maximum absolute atomic E-state index is 5.92. The Bertz CT molecular complexity index is 789. The Morgan fingerprint density at radius 2 is 1.04 bits per heavy atom. The minimum Gasteiger partial charge on any atom is -0.454 e. The number of furan rings is 1. The van der Waals surface area contributed by atoms with Gasteiger partial charge in [-0.1, -0.05) is 60.7 Å². The van der Waals surface area contributed by atoms with Gasteiger partial charge in [0.2, 0.25) is 0 Å². The van der Waals surface area contributed by atoms with Gasteiger partial charge in [0.15, 0.2) is 0 Å². The molecule has 0 saturated heterocycles. The van der Waals surface area contributed by atoms with Gasteiger partial charge in [-0.05, 0) is 37.1 Å². The first-order valence-corrected chi connectivity index (χ1v) is 8.43. The van der Waals surface area contributed by atoms with Gasteiger partial charge in [-0.3, -0.25) is 9.98 Å². The van der Waals surface area contributed by atoms with E-state index in [1.807, 2.05) is 62.4 Å². The van der Waals surface area contributed by atoms with Gasteiger partial charge in [0.05, 0.1) is 24.5 Å². The van der Waals surface area contributed by atoms with Crippen LogP contribution in [0.1, 0.15) is 36.5 Å². The number of aliphatic imine (C=N–C) groups is 2. The zero-order chi connectivity index (χ0) is 17.5. The van der Waals surface area contributed by atoms with Crippen molar-refractivity contribution >= 4 is 11.4 Å². The van der Waals surface area contributed by atoms with Crippen LogP contribution in [0.15, 0.2) is 87.2 Å². The SMILES string of the molecule is CC(=NCc1ccccc1)c1ccc(C(C)=NCc2ccccc2)o1. The molecule has 0 atom stereocenters. The Hall–Kier alpha value is -2.94. The van der Waals surface area contributed by atoms with E-state index in [0.29, 0.717) is 13.1 Å². The molecule has 3 heteroatoms. The second kappa shape index (κ2) is 8.25. The third-order valence-electron chi connectivity index (χ3n) is 4.00. The molecule has 3 nitrogen and oxygen atoms in total. The fraction of sp³-hybridized carbons (Fsp3) is 0.182. The van der Waals surface area contributed by atoms with Crippen molar-refractivity contribution in [2.24, 2.45) is 9.98 Å². The molecule has 0 saturated carbocycles. The molecule has 3 aromatic rings. The molecule has 0 amide bonds. The van der Waals surface area contributed by atoms with E-state index in [0.717, 1.165) is 22.9 Å². The van der Waals surface area contributed by atoms with Gasteiger partial charge in [0.1, 0.15) is 11.5 Å². The molecule has 3 rings (SSSR count). The minimum absolute atomic E-state index is 0.657. The quantitative estimate of drug-likeness (QED) is 0.565. The molecule has 0 unspecified atom stereocenters. The number of hydrogen-bond donors (Lipinski definition) is 0. The van der Waals surface area contributed by atoms with Crippen molar-refractivity contribution in [3.63, 3.8) is 0 Å². The van der Waals surface area contributed by atoms with Crippen molar-refractivity contribution in [2.45, 2.75) is 26.9 Å². The molecule has 2 aromatic carbocycles. The van der Waals surface area contributed by atoms with E-state index in [4.69, 9.17) is 4.42 Å². The zero-order valence-corrected chi connectivity index (χ0v) is 14.6. The van der Waals surface area contributed by atoms with Gasteiger partial charge in [-0.2, -0.15) is 0 Å². The number of hydrogen-bond acceptors (Lipinski definition) is 3. The standard InChI is InChI=1S/C22H22N2O/c1-17(23-15-19-9-5-3-6-10-19)21-13-14-22(25-21)18(2)24-16-20-11-7-4-8-12-20/h3-14H,15-16H2,1-2H3. The average molecular weight is 330 g/mol. The zero-order valence-electron chi connectivity index (χ0n) is 14.6. The van der Waals surface area contributed by atoms with Crippen molar-refractivity contribution in [3.05, 3.63) is 95.4 Å². The van der Waals surface area contributed by atoms with E-state index < -0.39 is 0 Å². The highest BCUT2D eigenvalue weighted by Crippen LogP contribution is 2.12. The van der Waals surface area contributed by atoms with Crippen molar-refractivity contribution in [1.82, 2.24) is 0 Å². The molecule has 1 heterocycles. The molecule has 126 valence electrons. The van der Waals surface area contributed by atoms with Crippen LogP contribution in [-0.2, 0) is 13.1 Å². The molecule has 25 heavy (non-hydrogen) atoms. The summed E-state index contributed by atoms with van der Waals surface area (Å²) in [7, 11) is 0. The Morgan fingerprint density at radius 3 is 1.44 bits per heavy atom. The normalized spacial score (nSPS) is 12.4. The fourth-order valence-electron chi connectivity index (χ4n) is 2.47. The molecular weight excluding hydrogens is 308 g/mol. The third-order valence-corrected chi connectivity index (χ3v) is 4.00. The summed E-state index contributed by atoms with van der Waals surface area (Å²) in [4.78, 5) is 9.23. The van der Waals surface area contributed by atoms with Crippen LogP contribution < -0.4 is 0 Å². The largest absolute Gasteiger partial charge is 0.454 e. The summed E-state index contributed by atoms with van der Waals surface area (Å²) in [6.45, 7) is 5.26. The monoisotopic (exact) mass is 330 g/mol. The molecule has 1 aromatic heterocycles. The molecule has 0 aliphatic heterocycles. The summed E-state index contributed by atoms with van der Waals surface area (Å²) in [6.07, 6.45) is 0. The molecular formula is C22H22N2O. The predicted octanol–water partition coefficient (Wildman–Crippen LogP) is 5.30. The summed E-state index contributed by atoms with van der Waals surface area (Å²) in [5.74, 6) is 1.58. The minimum atomic E-state index is 0.657. The Labute approximate surface area is 148 Å². The second-order valence-electron chi connectivity index (χ2n) is 5.94. The lowest BCUT2D eigenvalue weighted by Gasteiger charge is -2.00. The number of benzene rings is 2. The van der Waals surface area contributed by atoms with E-state index in [1.165, 1.54) is 11.1 Å². The second-order valence-corrected chi connectivity index (χ2v) is 5.94. The molecule has 0 aliphatic rings. The van der Waals surface area contributed by atoms with E-state index >= 15 is 0 Å². The summed E-state index contributed by atoms with van der Waals surface area (Å²) in [5.41, 5.74) is 4.17. The van der Waals surface area contributed by atoms with Gasteiger partial charge in [0.25, 0.3) is 0 Å². The maximum Gasteiger partial charge on any atom is 0.148 e. The third kappa shape index (κ3) is 4.77. The van der Waals surface area contributed by atoms with Crippen molar-refractivity contribution in [1.29, 1.82) is 0 Å². The lowest BCUT2D eigenvalue weighted by Crippen LogP contribution is -1.96. The van der Waals surface area contributed by atoms with Crippen LogP contribution in [0.3, 0.4) is 0 Å². The molecule has 0 aliphatic carbocycles. The summed E-state index contributed by atoms with van der Waals surface area (Å²) in [6, 6.07) is 24.3. The van der Waals surface area contributed by atoms with Crippen LogP contribution in [0.2, 0.25) is 0 Å². The van der Waals surface area contributed by atoms with Crippen LogP contribution in [0, 0.1) is 0 Å². The molecule has 0 spiro atoms. The topological polar surface area (TPSA) is 37.9 Å². The van der Waals surface area contributed by atoms with Crippen molar-refractivity contribution in [3.8, 4) is 0 Å². The summed E-state index contributed by atoms with van der Waals surface area (Å²) >= 11 is 0. The van der Waals surface area contributed by atoms with E-state index in [1.54, 1.807) is 0 Å². The first-order valence-electron chi connectivity index (χ1n) is 8.43. The van der Waals surface area contributed by atoms with Gasteiger partial charge in [-0.25, -0.2) is 0 Å². The Kier molecular flexibility index (Phi) is 5.57. The van der Waals surface area contributed by atoms with Gasteiger partial charge >= 0.3 is 0 Å². The molecule has 0 bridgehead atoms. The van der Waals surface area contributed by atoms with Crippen LogP contribution in [0.25, 0.3) is 0 Å².